The van der Waals surface area contributed by atoms with Crippen molar-refractivity contribution in [2.45, 2.75) is 23.7 Å². The minimum atomic E-state index is -4.76. The fraction of sp³-hybridized carbons (Fsp3) is 0.333. The van der Waals surface area contributed by atoms with Gasteiger partial charge < -0.3 is 19.7 Å². The number of rotatable bonds is 7. The summed E-state index contributed by atoms with van der Waals surface area (Å²) in [5, 5.41) is 2.65. The van der Waals surface area contributed by atoms with Gasteiger partial charge >= 0.3 is 11.7 Å². The Kier molecular flexibility index (Phi) is 7.41. The van der Waals surface area contributed by atoms with E-state index in [0.717, 1.165) is 43.0 Å². The number of carbonyl (C=O) groups is 2. The van der Waals surface area contributed by atoms with Crippen LogP contribution in [0.2, 0.25) is 0 Å². The molecule has 2 aromatic rings. The number of ether oxygens (including phenoxy) is 2. The minimum absolute atomic E-state index is 0.0762. The first-order valence-electron chi connectivity index (χ1n) is 9.75. The van der Waals surface area contributed by atoms with Gasteiger partial charge in [-0.2, -0.15) is 8.78 Å². The van der Waals surface area contributed by atoms with Crippen LogP contribution >= 0.6 is 0 Å². The molecule has 1 atom stereocenters. The Morgan fingerprint density at radius 2 is 1.62 bits per heavy atom. The Morgan fingerprint density at radius 1 is 1.03 bits per heavy atom. The number of carbonyl (C=O) groups excluding carboxylic acids is 2. The quantitative estimate of drug-likeness (QED) is 0.624. The summed E-state index contributed by atoms with van der Waals surface area (Å²) in [4.78, 5) is 26.1. The fourth-order valence-electron chi connectivity index (χ4n) is 2.99. The summed E-state index contributed by atoms with van der Waals surface area (Å²) in [6, 6.07) is 11.1. The third-order valence-electron chi connectivity index (χ3n) is 4.82. The van der Waals surface area contributed by atoms with Crippen molar-refractivity contribution >= 4 is 33.1 Å². The maximum absolute atomic E-state index is 12.6. The lowest BCUT2D eigenvalue weighted by Crippen LogP contribution is -2.36. The number of hydrogen-bond donors (Lipinski definition) is 1. The highest BCUT2D eigenvalue weighted by atomic mass is 32.2. The third kappa shape index (κ3) is 5.60. The van der Waals surface area contributed by atoms with Gasteiger partial charge in [0.15, 0.2) is 6.10 Å². The number of morpholine rings is 1. The van der Waals surface area contributed by atoms with E-state index in [1.165, 1.54) is 6.92 Å². The molecule has 0 unspecified atom stereocenters. The van der Waals surface area contributed by atoms with Crippen molar-refractivity contribution in [2.75, 3.05) is 36.5 Å². The first-order valence-corrected chi connectivity index (χ1v) is 11.3. The van der Waals surface area contributed by atoms with Crippen molar-refractivity contribution in [3.63, 3.8) is 0 Å². The van der Waals surface area contributed by atoms with Crippen LogP contribution in [0.3, 0.4) is 0 Å². The van der Waals surface area contributed by atoms with Crippen LogP contribution in [0.1, 0.15) is 17.3 Å². The number of amides is 1. The Hall–Kier alpha value is -3.05. The summed E-state index contributed by atoms with van der Waals surface area (Å²) in [5.41, 5.74) is 1.45. The van der Waals surface area contributed by atoms with Gasteiger partial charge in [0.25, 0.3) is 5.91 Å². The molecule has 3 rings (SSSR count). The summed E-state index contributed by atoms with van der Waals surface area (Å²) in [6.07, 6.45) is -1.15. The number of nitrogens with one attached hydrogen (secondary N) is 1. The number of nitrogens with zero attached hydrogens (tertiary/aromatic N) is 1. The largest absolute Gasteiger partial charge is 0.449 e. The SMILES string of the molecule is C[C@@H](OC(=O)c1ccc(S(=O)(=O)C(F)F)cc1)C(=O)Nc1ccc(N2CCOCC2)cc1. The van der Waals surface area contributed by atoms with Gasteiger partial charge in [-0.1, -0.05) is 0 Å². The first-order chi connectivity index (χ1) is 15.2. The van der Waals surface area contributed by atoms with E-state index in [4.69, 9.17) is 9.47 Å². The highest BCUT2D eigenvalue weighted by molar-refractivity contribution is 7.91. The van der Waals surface area contributed by atoms with Crippen LogP contribution in [0.5, 0.6) is 0 Å². The Bertz CT molecular complexity index is 1050. The number of esters is 1. The average Bonchev–Trinajstić information content (AvgIpc) is 2.80. The number of benzene rings is 2. The molecule has 1 fully saturated rings. The van der Waals surface area contributed by atoms with Crippen LogP contribution in [0.25, 0.3) is 0 Å². The molecule has 32 heavy (non-hydrogen) atoms. The van der Waals surface area contributed by atoms with E-state index < -0.39 is 38.5 Å². The van der Waals surface area contributed by atoms with Crippen molar-refractivity contribution < 1.29 is 36.3 Å². The predicted molar refractivity (Wildman–Crippen MR) is 113 cm³/mol. The molecular formula is C21H22F2N2O6S. The monoisotopic (exact) mass is 468 g/mol. The molecule has 0 aliphatic carbocycles. The van der Waals surface area contributed by atoms with E-state index in [9.17, 15) is 26.8 Å². The topological polar surface area (TPSA) is 102 Å². The molecule has 1 amide bonds. The zero-order chi connectivity index (χ0) is 23.3. The predicted octanol–water partition coefficient (Wildman–Crippen LogP) is 2.70. The molecule has 0 saturated carbocycles. The number of anilines is 2. The zero-order valence-corrected chi connectivity index (χ0v) is 18.0. The number of halogens is 2. The standard InChI is InChI=1S/C21H22F2N2O6S/c1-14(31-20(27)15-2-8-18(9-3-15)32(28,29)21(22)23)19(26)24-16-4-6-17(7-5-16)25-10-12-30-13-11-25/h2-9,14,21H,10-13H2,1H3,(H,24,26)/t14-/m1/s1. The minimum Gasteiger partial charge on any atom is -0.449 e. The summed E-state index contributed by atoms with van der Waals surface area (Å²) in [6.45, 7) is 4.27. The lowest BCUT2D eigenvalue weighted by atomic mass is 10.2. The average molecular weight is 468 g/mol. The van der Waals surface area contributed by atoms with Crippen molar-refractivity contribution in [1.82, 2.24) is 0 Å². The van der Waals surface area contributed by atoms with Gasteiger partial charge in [-0.3, -0.25) is 4.79 Å². The molecular weight excluding hydrogens is 446 g/mol. The summed E-state index contributed by atoms with van der Waals surface area (Å²) >= 11 is 0. The molecule has 1 saturated heterocycles. The summed E-state index contributed by atoms with van der Waals surface area (Å²) in [5.74, 6) is -5.02. The normalized spacial score (nSPS) is 15.3. The van der Waals surface area contributed by atoms with E-state index in [1.807, 2.05) is 12.1 Å². The molecule has 2 aromatic carbocycles. The van der Waals surface area contributed by atoms with E-state index in [0.29, 0.717) is 18.9 Å². The Balaban J connectivity index is 1.56. The first kappa shape index (κ1) is 23.6. The van der Waals surface area contributed by atoms with E-state index in [-0.39, 0.29) is 5.56 Å². The second-order valence-electron chi connectivity index (χ2n) is 7.01. The zero-order valence-electron chi connectivity index (χ0n) is 17.2. The molecule has 8 nitrogen and oxygen atoms in total. The lowest BCUT2D eigenvalue weighted by Gasteiger charge is -2.28. The maximum Gasteiger partial charge on any atom is 0.341 e. The second-order valence-corrected chi connectivity index (χ2v) is 8.93. The molecule has 11 heteroatoms. The maximum atomic E-state index is 12.6. The van der Waals surface area contributed by atoms with E-state index in [2.05, 4.69) is 10.2 Å². The fourth-order valence-corrected chi connectivity index (χ4v) is 3.71. The van der Waals surface area contributed by atoms with Crippen LogP contribution in [-0.4, -0.2) is 58.5 Å². The van der Waals surface area contributed by atoms with Crippen LogP contribution in [-0.2, 0) is 24.1 Å². The van der Waals surface area contributed by atoms with Crippen LogP contribution in [0.4, 0.5) is 20.2 Å². The number of sulfone groups is 1. The van der Waals surface area contributed by atoms with E-state index in [1.54, 1.807) is 12.1 Å². The molecule has 1 N–H and O–H groups in total. The second kappa shape index (κ2) is 10.0. The van der Waals surface area contributed by atoms with Gasteiger partial charge in [0.05, 0.1) is 23.7 Å². The van der Waals surface area contributed by atoms with Crippen LogP contribution in [0.15, 0.2) is 53.4 Å². The van der Waals surface area contributed by atoms with Crippen molar-refractivity contribution in [3.8, 4) is 0 Å². The van der Waals surface area contributed by atoms with Gasteiger partial charge in [0.2, 0.25) is 9.84 Å². The van der Waals surface area contributed by atoms with Gasteiger partial charge in [-0.05, 0) is 55.5 Å². The molecule has 0 aromatic heterocycles. The molecule has 0 radical (unpaired) electrons. The van der Waals surface area contributed by atoms with E-state index >= 15 is 0 Å². The molecule has 1 aliphatic heterocycles. The third-order valence-corrected chi connectivity index (χ3v) is 6.22. The Labute approximate surface area is 184 Å². The number of alkyl halides is 2. The summed E-state index contributed by atoms with van der Waals surface area (Å²) in [7, 11) is -4.76. The number of hydrogen-bond acceptors (Lipinski definition) is 7. The molecule has 0 bridgehead atoms. The molecule has 1 heterocycles. The molecule has 172 valence electrons. The summed E-state index contributed by atoms with van der Waals surface area (Å²) < 4.78 is 58.5. The van der Waals surface area contributed by atoms with Crippen molar-refractivity contribution in [2.24, 2.45) is 0 Å². The highest BCUT2D eigenvalue weighted by Gasteiger charge is 2.27. The molecule has 1 aliphatic rings. The lowest BCUT2D eigenvalue weighted by molar-refractivity contribution is -0.123. The highest BCUT2D eigenvalue weighted by Crippen LogP contribution is 2.21. The van der Waals surface area contributed by atoms with Gasteiger partial charge in [-0.15, -0.1) is 0 Å². The van der Waals surface area contributed by atoms with Gasteiger partial charge in [-0.25, -0.2) is 13.2 Å². The smallest absolute Gasteiger partial charge is 0.341 e. The van der Waals surface area contributed by atoms with Crippen molar-refractivity contribution in [1.29, 1.82) is 0 Å². The van der Waals surface area contributed by atoms with Gasteiger partial charge in [0, 0.05) is 24.5 Å². The Morgan fingerprint density at radius 3 is 2.19 bits per heavy atom. The van der Waals surface area contributed by atoms with Crippen LogP contribution < -0.4 is 10.2 Å². The van der Waals surface area contributed by atoms with Gasteiger partial charge in [0.1, 0.15) is 0 Å². The van der Waals surface area contributed by atoms with Crippen molar-refractivity contribution in [3.05, 3.63) is 54.1 Å². The molecule has 0 spiro atoms. The van der Waals surface area contributed by atoms with Crippen LogP contribution in [0, 0.1) is 0 Å².